The zero-order valence-electron chi connectivity index (χ0n) is 13.4. The number of hydrogen-bond acceptors (Lipinski definition) is 4. The molecule has 1 aliphatic rings. The van der Waals surface area contributed by atoms with Gasteiger partial charge in [-0.25, -0.2) is 0 Å². The molecule has 122 valence electrons. The predicted octanol–water partition coefficient (Wildman–Crippen LogP) is 3.15. The Labute approximate surface area is 141 Å². The van der Waals surface area contributed by atoms with E-state index in [0.717, 1.165) is 11.3 Å². The van der Waals surface area contributed by atoms with Crippen molar-refractivity contribution in [3.8, 4) is 17.6 Å². The maximum Gasteiger partial charge on any atom is 0.244 e. The fourth-order valence-corrected chi connectivity index (χ4v) is 2.75. The summed E-state index contributed by atoms with van der Waals surface area (Å²) < 4.78 is 10.6. The minimum absolute atomic E-state index is 0.191. The molecule has 2 aromatic rings. The van der Waals surface area contributed by atoms with Crippen LogP contribution in [-0.4, -0.2) is 19.2 Å². The van der Waals surface area contributed by atoms with Crippen LogP contribution in [0.1, 0.15) is 12.5 Å². The highest BCUT2D eigenvalue weighted by molar-refractivity contribution is 5.96. The van der Waals surface area contributed by atoms with Crippen molar-refractivity contribution in [2.75, 3.05) is 18.2 Å². The van der Waals surface area contributed by atoms with Crippen molar-refractivity contribution in [2.45, 2.75) is 13.3 Å². The van der Waals surface area contributed by atoms with Gasteiger partial charge in [0.2, 0.25) is 12.7 Å². The molecule has 5 heteroatoms. The molecule has 1 amide bonds. The Kier molecular flexibility index (Phi) is 4.66. The number of rotatable bonds is 5. The van der Waals surface area contributed by atoms with E-state index in [1.807, 2.05) is 55.5 Å². The van der Waals surface area contributed by atoms with Crippen LogP contribution < -0.4 is 14.4 Å². The normalized spacial score (nSPS) is 13.2. The summed E-state index contributed by atoms with van der Waals surface area (Å²) in [4.78, 5) is 14.4. The molecule has 1 unspecified atom stereocenters. The van der Waals surface area contributed by atoms with Gasteiger partial charge in [-0.15, -0.1) is 0 Å². The fraction of sp³-hybridized carbons (Fsp3) is 0.263. The second-order valence-corrected chi connectivity index (χ2v) is 5.49. The van der Waals surface area contributed by atoms with Crippen molar-refractivity contribution in [1.29, 1.82) is 5.26 Å². The van der Waals surface area contributed by atoms with Crippen LogP contribution in [0.5, 0.6) is 11.5 Å². The minimum atomic E-state index is -0.745. The van der Waals surface area contributed by atoms with Crippen molar-refractivity contribution in [3.63, 3.8) is 0 Å². The predicted molar refractivity (Wildman–Crippen MR) is 89.8 cm³/mol. The average molecular weight is 322 g/mol. The summed E-state index contributed by atoms with van der Waals surface area (Å²) >= 11 is 0. The van der Waals surface area contributed by atoms with Gasteiger partial charge >= 0.3 is 0 Å². The number of nitriles is 1. The van der Waals surface area contributed by atoms with Gasteiger partial charge in [0.25, 0.3) is 0 Å². The first-order chi connectivity index (χ1) is 11.7. The molecule has 2 aromatic carbocycles. The van der Waals surface area contributed by atoms with Gasteiger partial charge in [-0.1, -0.05) is 24.3 Å². The Balaban J connectivity index is 1.78. The molecule has 0 spiro atoms. The number of fused-ring (bicyclic) bond motifs is 1. The summed E-state index contributed by atoms with van der Waals surface area (Å²) in [6.07, 6.45) is 0.343. The molecule has 0 aliphatic carbocycles. The lowest BCUT2D eigenvalue weighted by molar-refractivity contribution is -0.120. The number of nitrogens with zero attached hydrogens (tertiary/aromatic N) is 2. The van der Waals surface area contributed by atoms with Crippen LogP contribution in [0.25, 0.3) is 0 Å². The molecule has 1 aliphatic heterocycles. The number of ether oxygens (including phenoxy) is 2. The average Bonchev–Trinajstić information content (AvgIpc) is 3.09. The zero-order valence-corrected chi connectivity index (χ0v) is 13.4. The summed E-state index contributed by atoms with van der Waals surface area (Å²) in [5.74, 6) is 0.416. The lowest BCUT2D eigenvalue weighted by Gasteiger charge is -2.23. The molecule has 0 saturated heterocycles. The first-order valence-electron chi connectivity index (χ1n) is 7.87. The van der Waals surface area contributed by atoms with Gasteiger partial charge in [0, 0.05) is 12.2 Å². The second-order valence-electron chi connectivity index (χ2n) is 5.49. The third-order valence-electron chi connectivity index (χ3n) is 3.98. The smallest absolute Gasteiger partial charge is 0.244 e. The fourth-order valence-electron chi connectivity index (χ4n) is 2.75. The van der Waals surface area contributed by atoms with Crippen molar-refractivity contribution >= 4 is 11.6 Å². The maximum atomic E-state index is 12.8. The number of carbonyl (C=O) groups is 1. The SMILES string of the molecule is CCN(C(=O)C(C#N)Cc1ccc2c(c1)OCO2)c1ccccc1. The summed E-state index contributed by atoms with van der Waals surface area (Å²) in [5, 5.41) is 9.49. The van der Waals surface area contributed by atoms with Gasteiger partial charge in [0.05, 0.1) is 6.07 Å². The van der Waals surface area contributed by atoms with Crippen molar-refractivity contribution in [3.05, 3.63) is 54.1 Å². The van der Waals surface area contributed by atoms with Gasteiger partial charge < -0.3 is 14.4 Å². The van der Waals surface area contributed by atoms with Crippen LogP contribution in [0.3, 0.4) is 0 Å². The van der Waals surface area contributed by atoms with E-state index >= 15 is 0 Å². The topological polar surface area (TPSA) is 62.6 Å². The Bertz CT molecular complexity index is 768. The molecule has 0 saturated carbocycles. The number of carbonyl (C=O) groups excluding carboxylic acids is 1. The number of hydrogen-bond donors (Lipinski definition) is 0. The van der Waals surface area contributed by atoms with E-state index in [1.54, 1.807) is 4.90 Å². The Morgan fingerprint density at radius 2 is 1.96 bits per heavy atom. The summed E-state index contributed by atoms with van der Waals surface area (Å²) in [7, 11) is 0. The van der Waals surface area contributed by atoms with E-state index in [2.05, 4.69) is 6.07 Å². The van der Waals surface area contributed by atoms with Crippen LogP contribution in [-0.2, 0) is 11.2 Å². The lowest BCUT2D eigenvalue weighted by atomic mass is 9.98. The van der Waals surface area contributed by atoms with Gasteiger partial charge in [-0.05, 0) is 43.2 Å². The number of benzene rings is 2. The minimum Gasteiger partial charge on any atom is -0.454 e. The quantitative estimate of drug-likeness (QED) is 0.848. The van der Waals surface area contributed by atoms with Gasteiger partial charge in [-0.2, -0.15) is 5.26 Å². The molecule has 3 rings (SSSR count). The maximum absolute atomic E-state index is 12.8. The molecular formula is C19H18N2O3. The highest BCUT2D eigenvalue weighted by Crippen LogP contribution is 2.33. The Hall–Kier alpha value is -3.00. The highest BCUT2D eigenvalue weighted by Gasteiger charge is 2.25. The highest BCUT2D eigenvalue weighted by atomic mass is 16.7. The van der Waals surface area contributed by atoms with E-state index in [1.165, 1.54) is 0 Å². The van der Waals surface area contributed by atoms with Crippen LogP contribution in [0.4, 0.5) is 5.69 Å². The summed E-state index contributed by atoms with van der Waals surface area (Å²) in [6.45, 7) is 2.62. The monoisotopic (exact) mass is 322 g/mol. The number of para-hydroxylation sites is 1. The Morgan fingerprint density at radius 1 is 1.21 bits per heavy atom. The summed E-state index contributed by atoms with van der Waals surface area (Å²) in [6, 6.07) is 17.0. The van der Waals surface area contributed by atoms with Crippen LogP contribution in [0.2, 0.25) is 0 Å². The lowest BCUT2D eigenvalue weighted by Crippen LogP contribution is -2.36. The van der Waals surface area contributed by atoms with Crippen LogP contribution in [0, 0.1) is 17.2 Å². The first-order valence-corrected chi connectivity index (χ1v) is 7.87. The zero-order chi connectivity index (χ0) is 16.9. The molecule has 0 N–H and O–H groups in total. The summed E-state index contributed by atoms with van der Waals surface area (Å²) in [5.41, 5.74) is 1.68. The van der Waals surface area contributed by atoms with E-state index in [0.29, 0.717) is 24.5 Å². The Morgan fingerprint density at radius 3 is 2.67 bits per heavy atom. The van der Waals surface area contributed by atoms with Gasteiger partial charge in [0.15, 0.2) is 11.5 Å². The third kappa shape index (κ3) is 3.18. The first kappa shape index (κ1) is 15.9. The number of amides is 1. The molecule has 24 heavy (non-hydrogen) atoms. The molecule has 1 heterocycles. The molecule has 0 radical (unpaired) electrons. The van der Waals surface area contributed by atoms with E-state index in [4.69, 9.17) is 9.47 Å². The molecule has 1 atom stereocenters. The van der Waals surface area contributed by atoms with Crippen molar-refractivity contribution < 1.29 is 14.3 Å². The second kappa shape index (κ2) is 7.05. The molecule has 5 nitrogen and oxygen atoms in total. The molecular weight excluding hydrogens is 304 g/mol. The van der Waals surface area contributed by atoms with Crippen molar-refractivity contribution in [2.24, 2.45) is 5.92 Å². The third-order valence-corrected chi connectivity index (χ3v) is 3.98. The van der Waals surface area contributed by atoms with Crippen LogP contribution in [0.15, 0.2) is 48.5 Å². The van der Waals surface area contributed by atoms with E-state index in [9.17, 15) is 10.1 Å². The van der Waals surface area contributed by atoms with E-state index < -0.39 is 5.92 Å². The largest absolute Gasteiger partial charge is 0.454 e. The van der Waals surface area contributed by atoms with Crippen LogP contribution >= 0.6 is 0 Å². The number of anilines is 1. The molecule has 0 fully saturated rings. The van der Waals surface area contributed by atoms with Crippen molar-refractivity contribution in [1.82, 2.24) is 0 Å². The van der Waals surface area contributed by atoms with Gasteiger partial charge in [0.1, 0.15) is 5.92 Å². The molecule has 0 bridgehead atoms. The standard InChI is InChI=1S/C19H18N2O3/c1-2-21(16-6-4-3-5-7-16)19(22)15(12-20)10-14-8-9-17-18(11-14)24-13-23-17/h3-9,11,15H,2,10,13H2,1H3. The molecule has 0 aromatic heterocycles. The van der Waals surface area contributed by atoms with Gasteiger partial charge in [-0.3, -0.25) is 4.79 Å². The van der Waals surface area contributed by atoms with E-state index in [-0.39, 0.29) is 12.7 Å².